The van der Waals surface area contributed by atoms with Gasteiger partial charge in [-0.25, -0.2) is 8.42 Å². The van der Waals surface area contributed by atoms with Gasteiger partial charge in [0.1, 0.15) is 6.54 Å². The van der Waals surface area contributed by atoms with Crippen molar-refractivity contribution in [1.82, 2.24) is 25.1 Å². The molecule has 2 heterocycles. The van der Waals surface area contributed by atoms with E-state index in [0.29, 0.717) is 18.8 Å². The zero-order chi connectivity index (χ0) is 18.7. The Hall–Kier alpha value is -2.29. The summed E-state index contributed by atoms with van der Waals surface area (Å²) in [5, 5.41) is 12.2. The molecule has 1 atom stereocenters. The number of nitrogens with zero attached hydrogens (tertiary/aromatic N) is 5. The highest BCUT2D eigenvalue weighted by atomic mass is 32.2. The molecule has 0 radical (unpaired) electrons. The second-order valence-corrected chi connectivity index (χ2v) is 9.24. The number of sulfone groups is 1. The second-order valence-electron chi connectivity index (χ2n) is 7.01. The van der Waals surface area contributed by atoms with E-state index >= 15 is 0 Å². The summed E-state index contributed by atoms with van der Waals surface area (Å²) >= 11 is 0. The smallest absolute Gasteiger partial charge is 0.246 e. The predicted octanol–water partition coefficient (Wildman–Crippen LogP) is 1.01. The van der Waals surface area contributed by atoms with Gasteiger partial charge in [0.25, 0.3) is 0 Å². The van der Waals surface area contributed by atoms with Crippen molar-refractivity contribution < 1.29 is 13.2 Å². The summed E-state index contributed by atoms with van der Waals surface area (Å²) in [6, 6.07) is 9.14. The third kappa shape index (κ3) is 4.46. The SMILES string of the molecule is CC(C)CN(C(=O)Cn1nnc(-c2ccccc2)n1)[C@@H]1CCS(=O)(=O)C1. The quantitative estimate of drug-likeness (QED) is 0.745. The Morgan fingerprint density at radius 1 is 1.31 bits per heavy atom. The molecule has 1 aliphatic rings. The van der Waals surface area contributed by atoms with Gasteiger partial charge in [-0.05, 0) is 17.6 Å². The number of carbonyl (C=O) groups is 1. The molecular weight excluding hydrogens is 354 g/mol. The maximum Gasteiger partial charge on any atom is 0.246 e. The minimum atomic E-state index is -3.06. The first-order valence-electron chi connectivity index (χ1n) is 8.67. The number of benzene rings is 1. The molecule has 26 heavy (non-hydrogen) atoms. The highest BCUT2D eigenvalue weighted by molar-refractivity contribution is 7.91. The predicted molar refractivity (Wildman–Crippen MR) is 96.9 cm³/mol. The number of aromatic nitrogens is 4. The van der Waals surface area contributed by atoms with Crippen LogP contribution in [0.5, 0.6) is 0 Å². The van der Waals surface area contributed by atoms with Crippen LogP contribution in [0.25, 0.3) is 11.4 Å². The highest BCUT2D eigenvalue weighted by Gasteiger charge is 2.35. The average molecular weight is 377 g/mol. The van der Waals surface area contributed by atoms with Gasteiger partial charge in [0.05, 0.1) is 11.5 Å². The van der Waals surface area contributed by atoms with Gasteiger partial charge >= 0.3 is 0 Å². The average Bonchev–Trinajstić information content (AvgIpc) is 3.19. The Labute approximate surface area is 153 Å². The van der Waals surface area contributed by atoms with Crippen LogP contribution >= 0.6 is 0 Å². The van der Waals surface area contributed by atoms with Gasteiger partial charge < -0.3 is 4.90 Å². The van der Waals surface area contributed by atoms with E-state index in [1.165, 1.54) is 4.80 Å². The summed E-state index contributed by atoms with van der Waals surface area (Å²) < 4.78 is 23.6. The normalized spacial score (nSPS) is 19.0. The fourth-order valence-electron chi connectivity index (χ4n) is 3.09. The molecule has 0 spiro atoms. The molecule has 1 aliphatic heterocycles. The standard InChI is InChI=1S/C17H23N5O3S/c1-13(2)10-21(15-8-9-26(24,25)12-15)16(23)11-22-19-17(18-20-22)14-6-4-3-5-7-14/h3-7,13,15H,8-12H2,1-2H3/t15-/m1/s1. The Morgan fingerprint density at radius 3 is 2.65 bits per heavy atom. The van der Waals surface area contributed by atoms with E-state index < -0.39 is 9.84 Å². The number of rotatable bonds is 6. The third-order valence-corrected chi connectivity index (χ3v) is 6.04. The van der Waals surface area contributed by atoms with Crippen LogP contribution in [0.15, 0.2) is 30.3 Å². The van der Waals surface area contributed by atoms with Crippen molar-refractivity contribution in [2.75, 3.05) is 18.1 Å². The lowest BCUT2D eigenvalue weighted by molar-refractivity contribution is -0.134. The third-order valence-electron chi connectivity index (χ3n) is 4.29. The minimum Gasteiger partial charge on any atom is -0.337 e. The van der Waals surface area contributed by atoms with E-state index in [-0.39, 0.29) is 35.9 Å². The lowest BCUT2D eigenvalue weighted by Gasteiger charge is -2.29. The summed E-state index contributed by atoms with van der Waals surface area (Å²) in [6.45, 7) is 4.47. The van der Waals surface area contributed by atoms with Crippen LogP contribution in [0.1, 0.15) is 20.3 Å². The van der Waals surface area contributed by atoms with Crippen LogP contribution in [0, 0.1) is 5.92 Å². The minimum absolute atomic E-state index is 0.0332. The molecule has 9 heteroatoms. The lowest BCUT2D eigenvalue weighted by Crippen LogP contribution is -2.45. The first-order chi connectivity index (χ1) is 12.3. The Kier molecular flexibility index (Phi) is 5.36. The number of tetrazole rings is 1. The maximum absolute atomic E-state index is 12.8. The van der Waals surface area contributed by atoms with Crippen molar-refractivity contribution >= 4 is 15.7 Å². The van der Waals surface area contributed by atoms with Crippen molar-refractivity contribution in [1.29, 1.82) is 0 Å². The summed E-state index contributed by atoms with van der Waals surface area (Å²) in [7, 11) is -3.06. The molecule has 0 unspecified atom stereocenters. The van der Waals surface area contributed by atoms with Crippen LogP contribution in [-0.4, -0.2) is 63.5 Å². The number of hydrogen-bond donors (Lipinski definition) is 0. The molecule has 0 saturated carbocycles. The molecule has 1 fully saturated rings. The first-order valence-corrected chi connectivity index (χ1v) is 10.5. The van der Waals surface area contributed by atoms with Crippen LogP contribution in [0.4, 0.5) is 0 Å². The van der Waals surface area contributed by atoms with Gasteiger partial charge in [0.15, 0.2) is 9.84 Å². The van der Waals surface area contributed by atoms with E-state index in [2.05, 4.69) is 15.4 Å². The van der Waals surface area contributed by atoms with Crippen molar-refractivity contribution in [2.24, 2.45) is 5.92 Å². The summed E-state index contributed by atoms with van der Waals surface area (Å²) in [4.78, 5) is 15.7. The van der Waals surface area contributed by atoms with Crippen molar-refractivity contribution in [3.8, 4) is 11.4 Å². The largest absolute Gasteiger partial charge is 0.337 e. The molecule has 0 aliphatic carbocycles. The number of amides is 1. The molecule has 140 valence electrons. The van der Waals surface area contributed by atoms with Crippen molar-refractivity contribution in [3.05, 3.63) is 30.3 Å². The van der Waals surface area contributed by atoms with Gasteiger partial charge in [-0.2, -0.15) is 4.80 Å². The van der Waals surface area contributed by atoms with Crippen molar-refractivity contribution in [3.63, 3.8) is 0 Å². The van der Waals surface area contributed by atoms with Crippen LogP contribution in [0.3, 0.4) is 0 Å². The fraction of sp³-hybridized carbons (Fsp3) is 0.529. The van der Waals surface area contributed by atoms with Gasteiger partial charge in [-0.1, -0.05) is 44.2 Å². The molecular formula is C17H23N5O3S. The topological polar surface area (TPSA) is 98.1 Å². The van der Waals surface area contributed by atoms with E-state index in [9.17, 15) is 13.2 Å². The zero-order valence-electron chi connectivity index (χ0n) is 14.9. The highest BCUT2D eigenvalue weighted by Crippen LogP contribution is 2.20. The second kappa shape index (κ2) is 7.53. The molecule has 3 rings (SSSR count). The van der Waals surface area contributed by atoms with E-state index in [4.69, 9.17) is 0 Å². The van der Waals surface area contributed by atoms with E-state index in [1.807, 2.05) is 44.2 Å². The molecule has 2 aromatic rings. The molecule has 0 bridgehead atoms. The summed E-state index contributed by atoms with van der Waals surface area (Å²) in [6.07, 6.45) is 0.487. The van der Waals surface area contributed by atoms with Gasteiger partial charge in [-0.15, -0.1) is 10.2 Å². The number of hydrogen-bond acceptors (Lipinski definition) is 6. The van der Waals surface area contributed by atoms with Gasteiger partial charge in [0.2, 0.25) is 11.7 Å². The van der Waals surface area contributed by atoms with Crippen LogP contribution in [0.2, 0.25) is 0 Å². The molecule has 8 nitrogen and oxygen atoms in total. The maximum atomic E-state index is 12.8. The van der Waals surface area contributed by atoms with E-state index in [0.717, 1.165) is 5.56 Å². The lowest BCUT2D eigenvalue weighted by atomic mass is 10.1. The molecule has 1 aromatic carbocycles. The first kappa shape index (κ1) is 18.5. The Bertz CT molecular complexity index is 864. The molecule has 1 amide bonds. The summed E-state index contributed by atoms with van der Waals surface area (Å²) in [5.41, 5.74) is 0.826. The summed E-state index contributed by atoms with van der Waals surface area (Å²) in [5.74, 6) is 0.686. The molecule has 0 N–H and O–H groups in total. The fourth-order valence-corrected chi connectivity index (χ4v) is 4.82. The zero-order valence-corrected chi connectivity index (χ0v) is 15.8. The van der Waals surface area contributed by atoms with Crippen LogP contribution < -0.4 is 0 Å². The Morgan fingerprint density at radius 2 is 2.04 bits per heavy atom. The van der Waals surface area contributed by atoms with Gasteiger partial charge in [0, 0.05) is 18.2 Å². The molecule has 1 aromatic heterocycles. The monoisotopic (exact) mass is 377 g/mol. The van der Waals surface area contributed by atoms with Gasteiger partial charge in [-0.3, -0.25) is 4.79 Å². The van der Waals surface area contributed by atoms with Crippen molar-refractivity contribution in [2.45, 2.75) is 32.9 Å². The van der Waals surface area contributed by atoms with Crippen LogP contribution in [-0.2, 0) is 21.2 Å². The number of carbonyl (C=O) groups excluding carboxylic acids is 1. The van der Waals surface area contributed by atoms with E-state index in [1.54, 1.807) is 4.90 Å². The Balaban J connectivity index is 1.73. The molecule has 1 saturated heterocycles.